The van der Waals surface area contributed by atoms with Gasteiger partial charge in [-0.1, -0.05) is 22.9 Å². The number of fused-ring (bicyclic) bond motifs is 2. The van der Waals surface area contributed by atoms with Gasteiger partial charge in [-0.05, 0) is 63.1 Å². The number of morpholine rings is 1. The molecule has 1 unspecified atom stereocenters. The molecule has 4 heterocycles. The number of benzene rings is 1. The summed E-state index contributed by atoms with van der Waals surface area (Å²) in [6.45, 7) is 4.65. The SMILES string of the molecule is COCCOc1nn(C2CCC(N3C4CC[C@@H]3COC4)CC2)cc1Nc1ncc(-c2ccc(Cl)c(O[C@@H](C)CN(C=N)N=N)c2)cn1. The Morgan fingerprint density at radius 1 is 1.06 bits per heavy atom. The predicted octanol–water partition coefficient (Wildman–Crippen LogP) is 5.73. The first-order chi connectivity index (χ1) is 22.9. The lowest BCUT2D eigenvalue weighted by Crippen LogP contribution is -2.52. The Bertz CT molecular complexity index is 1480. The number of methoxy groups -OCH3 is 1. The molecule has 3 fully saturated rings. The van der Waals surface area contributed by atoms with Crippen LogP contribution in [-0.4, -0.2) is 100 Å². The predicted molar refractivity (Wildman–Crippen MR) is 177 cm³/mol. The highest BCUT2D eigenvalue weighted by Crippen LogP contribution is 2.39. The summed E-state index contributed by atoms with van der Waals surface area (Å²) in [4.78, 5) is 11.9. The van der Waals surface area contributed by atoms with E-state index in [9.17, 15) is 0 Å². The monoisotopic (exact) mass is 666 g/mol. The molecule has 1 aromatic carbocycles. The van der Waals surface area contributed by atoms with E-state index in [4.69, 9.17) is 46.6 Å². The highest BCUT2D eigenvalue weighted by Gasteiger charge is 2.42. The van der Waals surface area contributed by atoms with Crippen LogP contribution in [-0.2, 0) is 9.47 Å². The van der Waals surface area contributed by atoms with Crippen molar-refractivity contribution in [1.29, 1.82) is 10.9 Å². The van der Waals surface area contributed by atoms with E-state index < -0.39 is 0 Å². The number of anilines is 2. The zero-order valence-corrected chi connectivity index (χ0v) is 27.6. The minimum atomic E-state index is -0.364. The molecule has 0 amide bonds. The van der Waals surface area contributed by atoms with Gasteiger partial charge >= 0.3 is 0 Å². The van der Waals surface area contributed by atoms with Crippen molar-refractivity contribution in [2.24, 2.45) is 5.22 Å². The Balaban J connectivity index is 1.12. The molecule has 3 N–H and O–H groups in total. The third-order valence-corrected chi connectivity index (χ3v) is 9.51. The van der Waals surface area contributed by atoms with Gasteiger partial charge in [0.05, 0.1) is 43.6 Å². The normalized spacial score (nSPS) is 23.2. The van der Waals surface area contributed by atoms with Gasteiger partial charge in [0.1, 0.15) is 30.5 Å². The third-order valence-electron chi connectivity index (χ3n) is 9.20. The van der Waals surface area contributed by atoms with Crippen molar-refractivity contribution in [3.05, 3.63) is 41.8 Å². The average Bonchev–Trinajstić information content (AvgIpc) is 3.60. The molecule has 3 aliphatic rings. The van der Waals surface area contributed by atoms with Crippen LogP contribution in [0.1, 0.15) is 51.5 Å². The first-order valence-electron chi connectivity index (χ1n) is 16.2. The van der Waals surface area contributed by atoms with E-state index >= 15 is 0 Å². The van der Waals surface area contributed by atoms with E-state index in [-0.39, 0.29) is 12.6 Å². The number of hydrogen-bond acceptors (Lipinski definition) is 12. The summed E-state index contributed by atoms with van der Waals surface area (Å²) in [5.41, 5.74) is 9.45. The quantitative estimate of drug-likeness (QED) is 0.0601. The van der Waals surface area contributed by atoms with Gasteiger partial charge in [-0.15, -0.1) is 5.10 Å². The Labute approximate surface area is 279 Å². The van der Waals surface area contributed by atoms with Crippen molar-refractivity contribution in [3.8, 4) is 22.8 Å². The number of nitrogens with one attached hydrogen (secondary N) is 3. The van der Waals surface area contributed by atoms with E-state index in [0.29, 0.717) is 65.7 Å². The highest BCUT2D eigenvalue weighted by molar-refractivity contribution is 6.32. The molecule has 15 heteroatoms. The molecule has 6 rings (SSSR count). The summed E-state index contributed by atoms with van der Waals surface area (Å²) in [5, 5.41) is 20.4. The fourth-order valence-electron chi connectivity index (χ4n) is 6.93. The standard InChI is InChI=1S/C32H43ClN10O4/c1-21(16-41(20-34)40-35)47-30-13-22(3-10-28(30)33)23-14-36-32(37-15-23)38-29-17-42(39-31(29)46-12-11-44-2)24-4-6-25(7-5-24)43-26-8-9-27(43)19-45-18-26/h3,10,13-15,17,20-21,24-27,34-35H,4-9,11-12,16,18-19H2,1-2H3,(H,36,37,38)/t21-,24?,25?,26+,27?/m0/s1. The van der Waals surface area contributed by atoms with E-state index in [1.54, 1.807) is 25.6 Å². The van der Waals surface area contributed by atoms with Crippen LogP contribution in [0.4, 0.5) is 11.6 Å². The first-order valence-corrected chi connectivity index (χ1v) is 16.6. The topological polar surface area (TPSA) is 159 Å². The molecule has 1 saturated carbocycles. The van der Waals surface area contributed by atoms with Crippen LogP contribution in [0.2, 0.25) is 5.02 Å². The second-order valence-corrected chi connectivity index (χ2v) is 12.8. The minimum Gasteiger partial charge on any atom is -0.487 e. The summed E-state index contributed by atoms with van der Waals surface area (Å²) in [7, 11) is 1.65. The van der Waals surface area contributed by atoms with E-state index in [0.717, 1.165) is 56.4 Å². The van der Waals surface area contributed by atoms with Crippen molar-refractivity contribution >= 4 is 29.6 Å². The minimum absolute atomic E-state index is 0.237. The lowest BCUT2D eigenvalue weighted by Gasteiger charge is -2.43. The molecule has 3 aromatic rings. The van der Waals surface area contributed by atoms with Gasteiger partial charge in [0, 0.05) is 43.2 Å². The van der Waals surface area contributed by atoms with Crippen molar-refractivity contribution < 1.29 is 18.9 Å². The Morgan fingerprint density at radius 2 is 1.77 bits per heavy atom. The molecule has 1 aliphatic carbocycles. The maximum absolute atomic E-state index is 7.32. The molecule has 2 saturated heterocycles. The van der Waals surface area contributed by atoms with E-state index in [1.165, 1.54) is 17.9 Å². The van der Waals surface area contributed by atoms with Crippen LogP contribution in [0, 0.1) is 10.9 Å². The second kappa shape index (κ2) is 15.4. The van der Waals surface area contributed by atoms with Crippen molar-refractivity contribution in [3.63, 3.8) is 0 Å². The van der Waals surface area contributed by atoms with Crippen molar-refractivity contribution in [2.45, 2.75) is 75.7 Å². The van der Waals surface area contributed by atoms with E-state index in [2.05, 4.69) is 25.4 Å². The van der Waals surface area contributed by atoms with Crippen molar-refractivity contribution in [1.82, 2.24) is 29.7 Å². The number of aromatic nitrogens is 4. The van der Waals surface area contributed by atoms with Gasteiger partial charge in [0.25, 0.3) is 5.88 Å². The lowest BCUT2D eigenvalue weighted by molar-refractivity contribution is -0.0458. The third kappa shape index (κ3) is 7.83. The maximum atomic E-state index is 7.32. The largest absolute Gasteiger partial charge is 0.487 e. The fourth-order valence-corrected chi connectivity index (χ4v) is 7.09. The van der Waals surface area contributed by atoms with Gasteiger partial charge in [0.2, 0.25) is 5.95 Å². The summed E-state index contributed by atoms with van der Waals surface area (Å²) in [5.74, 6) is 1.39. The van der Waals surface area contributed by atoms with Crippen LogP contribution < -0.4 is 14.8 Å². The Kier molecular flexibility index (Phi) is 10.8. The molecule has 0 radical (unpaired) electrons. The van der Waals surface area contributed by atoms with Gasteiger partial charge in [0.15, 0.2) is 0 Å². The molecular weight excluding hydrogens is 624 g/mol. The number of nitrogens with zero attached hydrogens (tertiary/aromatic N) is 7. The molecule has 2 aliphatic heterocycles. The number of halogens is 1. The van der Waals surface area contributed by atoms with Crippen LogP contribution in [0.25, 0.3) is 11.1 Å². The Morgan fingerprint density at radius 3 is 2.45 bits per heavy atom. The van der Waals surface area contributed by atoms with Gasteiger partial charge in [-0.2, -0.15) is 5.53 Å². The molecule has 0 spiro atoms. The number of ether oxygens (including phenoxy) is 4. The molecule has 47 heavy (non-hydrogen) atoms. The second-order valence-electron chi connectivity index (χ2n) is 12.3. The summed E-state index contributed by atoms with van der Waals surface area (Å²) in [6, 6.07) is 7.54. The van der Waals surface area contributed by atoms with Crippen molar-refractivity contribution in [2.75, 3.05) is 45.4 Å². The first kappa shape index (κ1) is 33.1. The maximum Gasteiger partial charge on any atom is 0.257 e. The lowest BCUT2D eigenvalue weighted by atomic mass is 9.89. The van der Waals surface area contributed by atoms with Gasteiger partial charge < -0.3 is 24.3 Å². The fraction of sp³-hybridized carbons (Fsp3) is 0.562. The van der Waals surface area contributed by atoms with Crippen LogP contribution in [0.5, 0.6) is 11.6 Å². The van der Waals surface area contributed by atoms with Crippen LogP contribution >= 0.6 is 11.6 Å². The molecule has 252 valence electrons. The summed E-state index contributed by atoms with van der Waals surface area (Å²) in [6.07, 6.45) is 13.0. The van der Waals surface area contributed by atoms with Crippen LogP contribution in [0.15, 0.2) is 42.0 Å². The molecule has 2 bridgehead atoms. The van der Waals surface area contributed by atoms with Gasteiger partial charge in [-0.3, -0.25) is 15.0 Å². The van der Waals surface area contributed by atoms with Gasteiger partial charge in [-0.25, -0.2) is 15.0 Å². The zero-order valence-electron chi connectivity index (χ0n) is 26.8. The average molecular weight is 667 g/mol. The summed E-state index contributed by atoms with van der Waals surface area (Å²) < 4.78 is 25.1. The Hall–Kier alpha value is -3.85. The summed E-state index contributed by atoms with van der Waals surface area (Å²) >= 11 is 6.40. The molecule has 3 atom stereocenters. The molecular formula is C32H43ClN10O4. The van der Waals surface area contributed by atoms with E-state index in [1.807, 2.05) is 29.9 Å². The highest BCUT2D eigenvalue weighted by atomic mass is 35.5. The smallest absolute Gasteiger partial charge is 0.257 e. The molecule has 2 aromatic heterocycles. The van der Waals surface area contributed by atoms with Crippen LogP contribution in [0.3, 0.4) is 0 Å². The number of rotatable bonds is 15. The zero-order chi connectivity index (χ0) is 32.8. The number of hydrogen-bond donors (Lipinski definition) is 3. The molecule has 14 nitrogen and oxygen atoms in total.